The first kappa shape index (κ1) is 8.04. The summed E-state index contributed by atoms with van der Waals surface area (Å²) in [5, 5.41) is 25.6. The highest BCUT2D eigenvalue weighted by atomic mass is 16.7. The van der Waals surface area contributed by atoms with Crippen molar-refractivity contribution < 1.29 is 9.96 Å². The lowest BCUT2D eigenvalue weighted by atomic mass is 10.7. The summed E-state index contributed by atoms with van der Waals surface area (Å²) >= 11 is 0. The number of aryl methyl sites for hydroxylation is 1. The minimum Gasteiger partial charge on any atom is -0.390 e. The fourth-order valence-electron chi connectivity index (χ4n) is 0.652. The van der Waals surface area contributed by atoms with Gasteiger partial charge in [-0.15, -0.1) is 0 Å². The Bertz CT molecular complexity index is 342. The molecule has 1 aromatic heterocycles. The van der Waals surface area contributed by atoms with Crippen LogP contribution in [0.4, 0.5) is 5.95 Å². The Morgan fingerprint density at radius 3 is 2.25 bits per heavy atom. The van der Waals surface area contributed by atoms with Crippen molar-refractivity contribution in [2.75, 3.05) is 0 Å². The third-order valence-corrected chi connectivity index (χ3v) is 1.11. The predicted molar refractivity (Wildman–Crippen MR) is 33.8 cm³/mol. The zero-order valence-electron chi connectivity index (χ0n) is 5.87. The first-order chi connectivity index (χ1) is 5.54. The van der Waals surface area contributed by atoms with Gasteiger partial charge in [-0.1, -0.05) is 0 Å². The van der Waals surface area contributed by atoms with Gasteiger partial charge >= 0.3 is 5.95 Å². The van der Waals surface area contributed by atoms with Crippen molar-refractivity contribution in [3.05, 3.63) is 26.1 Å². The molecule has 0 aromatic carbocycles. The van der Waals surface area contributed by atoms with E-state index in [0.29, 0.717) is 0 Å². The molecule has 0 spiro atoms. The smallest absolute Gasteiger partial charge is 0.390 e. The van der Waals surface area contributed by atoms with Gasteiger partial charge in [-0.3, -0.25) is 0 Å². The molecule has 0 N–H and O–H groups in total. The average molecular weight is 173 g/mol. The summed E-state index contributed by atoms with van der Waals surface area (Å²) < 4.78 is 0.208. The van der Waals surface area contributed by atoms with Gasteiger partial charge in [0.15, 0.2) is 0 Å². The van der Waals surface area contributed by atoms with Crippen molar-refractivity contribution in [1.29, 1.82) is 0 Å². The molecule has 0 fully saturated rings. The van der Waals surface area contributed by atoms with Crippen LogP contribution >= 0.6 is 0 Å². The van der Waals surface area contributed by atoms with E-state index in [1.807, 2.05) is 0 Å². The van der Waals surface area contributed by atoms with E-state index >= 15 is 0 Å². The standard InChI is InChI=1S/C3H3N5O4/c1-2-4-5-3(7(9)10)6(2)8(11)12/h1H3. The predicted octanol–water partition coefficient (Wildman–Crippen LogP) is -0.465. The maximum absolute atomic E-state index is 10.2. The highest BCUT2D eigenvalue weighted by Gasteiger charge is 2.29. The molecule has 0 bridgehead atoms. The second kappa shape index (κ2) is 2.53. The summed E-state index contributed by atoms with van der Waals surface area (Å²) in [6, 6.07) is 0. The molecular weight excluding hydrogens is 170 g/mol. The Balaban J connectivity index is 3.31. The highest BCUT2D eigenvalue weighted by molar-refractivity contribution is 5.03. The van der Waals surface area contributed by atoms with Crippen LogP contribution in [0.2, 0.25) is 0 Å². The first-order valence-corrected chi connectivity index (χ1v) is 2.75. The van der Waals surface area contributed by atoms with Gasteiger partial charge in [-0.25, -0.2) is 10.1 Å². The molecule has 12 heavy (non-hydrogen) atoms. The zero-order chi connectivity index (χ0) is 9.30. The van der Waals surface area contributed by atoms with Crippen LogP contribution < -0.4 is 0 Å². The second-order valence-corrected chi connectivity index (χ2v) is 1.85. The van der Waals surface area contributed by atoms with Gasteiger partial charge < -0.3 is 10.1 Å². The molecule has 1 heterocycles. The lowest BCUT2D eigenvalue weighted by Crippen LogP contribution is -2.13. The van der Waals surface area contributed by atoms with E-state index in [0.717, 1.165) is 0 Å². The van der Waals surface area contributed by atoms with Crippen LogP contribution in [0, 0.1) is 27.2 Å². The Morgan fingerprint density at radius 2 is 1.92 bits per heavy atom. The normalized spacial score (nSPS) is 9.75. The average Bonchev–Trinajstić information content (AvgIpc) is 2.30. The van der Waals surface area contributed by atoms with Crippen LogP contribution in [0.25, 0.3) is 0 Å². The fourth-order valence-corrected chi connectivity index (χ4v) is 0.652. The van der Waals surface area contributed by atoms with Crippen LogP contribution in [0.5, 0.6) is 0 Å². The van der Waals surface area contributed by atoms with Crippen LogP contribution in [-0.2, 0) is 0 Å². The molecule has 0 amide bonds. The Hall–Kier alpha value is -2.06. The monoisotopic (exact) mass is 173 g/mol. The largest absolute Gasteiger partial charge is 0.521 e. The third-order valence-electron chi connectivity index (χ3n) is 1.11. The van der Waals surface area contributed by atoms with Gasteiger partial charge in [0.2, 0.25) is 5.03 Å². The van der Waals surface area contributed by atoms with Gasteiger partial charge in [0.05, 0.1) is 9.77 Å². The van der Waals surface area contributed by atoms with Gasteiger partial charge in [0.25, 0.3) is 5.82 Å². The first-order valence-electron chi connectivity index (χ1n) is 2.75. The van der Waals surface area contributed by atoms with E-state index in [1.165, 1.54) is 6.92 Å². The SMILES string of the molecule is Cc1nnc([N+](=O)[O-])n1[N+](=O)[O-]. The molecule has 9 nitrogen and oxygen atoms in total. The van der Waals surface area contributed by atoms with Crippen molar-refractivity contribution in [3.8, 4) is 0 Å². The molecule has 0 aliphatic heterocycles. The maximum atomic E-state index is 10.2. The Labute approximate surface area is 64.9 Å². The zero-order valence-corrected chi connectivity index (χ0v) is 5.87. The summed E-state index contributed by atoms with van der Waals surface area (Å²) in [5.74, 6) is -1.02. The van der Waals surface area contributed by atoms with Crippen LogP contribution in [0.1, 0.15) is 5.82 Å². The number of rotatable bonds is 2. The topological polar surface area (TPSA) is 117 Å². The summed E-state index contributed by atoms with van der Waals surface area (Å²) in [4.78, 5) is 19.3. The molecular formula is C3H3N5O4. The molecule has 0 atom stereocenters. The van der Waals surface area contributed by atoms with Gasteiger partial charge in [-0.05, 0) is 10.0 Å². The maximum Gasteiger partial charge on any atom is 0.521 e. The molecule has 64 valence electrons. The van der Waals surface area contributed by atoms with E-state index in [-0.39, 0.29) is 10.5 Å². The van der Waals surface area contributed by atoms with Crippen molar-refractivity contribution in [3.63, 3.8) is 0 Å². The van der Waals surface area contributed by atoms with Gasteiger partial charge in [-0.2, -0.15) is 0 Å². The Morgan fingerprint density at radius 1 is 1.33 bits per heavy atom. The lowest BCUT2D eigenvalue weighted by molar-refractivity contribution is -0.562. The molecule has 1 rings (SSSR count). The number of nitrogens with zero attached hydrogens (tertiary/aromatic N) is 5. The minimum atomic E-state index is -0.969. The molecule has 0 saturated carbocycles. The number of hydrogen-bond donors (Lipinski definition) is 0. The molecule has 0 saturated heterocycles. The van der Waals surface area contributed by atoms with E-state index in [4.69, 9.17) is 0 Å². The van der Waals surface area contributed by atoms with Crippen LogP contribution in [0.15, 0.2) is 0 Å². The molecule has 1 aromatic rings. The molecule has 0 aliphatic rings. The molecule has 0 unspecified atom stereocenters. The van der Waals surface area contributed by atoms with Crippen LogP contribution in [0.3, 0.4) is 0 Å². The van der Waals surface area contributed by atoms with E-state index in [9.17, 15) is 20.2 Å². The van der Waals surface area contributed by atoms with E-state index in [2.05, 4.69) is 10.2 Å². The lowest BCUT2D eigenvalue weighted by Gasteiger charge is -1.89. The molecule has 0 radical (unpaired) electrons. The minimum absolute atomic E-state index is 0.133. The van der Waals surface area contributed by atoms with Crippen molar-refractivity contribution in [2.45, 2.75) is 6.92 Å². The summed E-state index contributed by atoms with van der Waals surface area (Å²) in [5.41, 5.74) is 0. The van der Waals surface area contributed by atoms with Crippen molar-refractivity contribution in [1.82, 2.24) is 14.9 Å². The van der Waals surface area contributed by atoms with E-state index < -0.39 is 15.9 Å². The summed E-state index contributed by atoms with van der Waals surface area (Å²) in [7, 11) is 0. The van der Waals surface area contributed by atoms with Gasteiger partial charge in [0, 0.05) is 6.92 Å². The fraction of sp³-hybridized carbons (Fsp3) is 0.333. The quantitative estimate of drug-likeness (QED) is 0.440. The van der Waals surface area contributed by atoms with Crippen LogP contribution in [-0.4, -0.2) is 24.8 Å². The molecule has 0 aliphatic carbocycles. The van der Waals surface area contributed by atoms with Crippen molar-refractivity contribution >= 4 is 5.95 Å². The highest BCUT2D eigenvalue weighted by Crippen LogP contribution is 2.07. The van der Waals surface area contributed by atoms with Crippen molar-refractivity contribution in [2.24, 2.45) is 0 Å². The molecule has 9 heteroatoms. The number of aromatic nitrogens is 3. The third kappa shape index (κ3) is 1.07. The second-order valence-electron chi connectivity index (χ2n) is 1.85. The summed E-state index contributed by atoms with van der Waals surface area (Å²) in [6.07, 6.45) is 0. The Kier molecular flexibility index (Phi) is 1.69. The summed E-state index contributed by atoms with van der Waals surface area (Å²) in [6.45, 7) is 1.25. The number of nitro groups is 2. The number of hydrogen-bond acceptors (Lipinski definition) is 6. The van der Waals surface area contributed by atoms with Gasteiger partial charge in [0.1, 0.15) is 0 Å². The van der Waals surface area contributed by atoms with E-state index in [1.54, 1.807) is 0 Å².